The van der Waals surface area contributed by atoms with Crippen LogP contribution in [0.4, 0.5) is 0 Å². The van der Waals surface area contributed by atoms with Gasteiger partial charge in [-0.05, 0) is 25.3 Å². The molecule has 0 aromatic carbocycles. The lowest BCUT2D eigenvalue weighted by molar-refractivity contribution is 0.378. The van der Waals surface area contributed by atoms with Gasteiger partial charge in [0, 0.05) is 12.0 Å². The molecule has 1 heterocycles. The van der Waals surface area contributed by atoms with Gasteiger partial charge in [0.2, 0.25) is 0 Å². The zero-order valence-corrected chi connectivity index (χ0v) is 8.42. The molecular formula is C10H18N2O. The lowest BCUT2D eigenvalue weighted by Crippen LogP contribution is -2.02. The summed E-state index contributed by atoms with van der Waals surface area (Å²) < 4.78 is 5.16. The summed E-state index contributed by atoms with van der Waals surface area (Å²) in [5.41, 5.74) is 6.67. The molecule has 0 radical (unpaired) electrons. The van der Waals surface area contributed by atoms with Gasteiger partial charge in [-0.25, -0.2) is 0 Å². The molecular weight excluding hydrogens is 164 g/mol. The minimum Gasteiger partial charge on any atom is -0.361 e. The molecule has 3 heteroatoms. The van der Waals surface area contributed by atoms with Crippen molar-refractivity contribution in [2.45, 2.75) is 33.1 Å². The second kappa shape index (κ2) is 5.02. The third kappa shape index (κ3) is 3.19. The Balaban J connectivity index is 2.55. The van der Waals surface area contributed by atoms with Crippen molar-refractivity contribution in [3.63, 3.8) is 0 Å². The summed E-state index contributed by atoms with van der Waals surface area (Å²) in [7, 11) is 0. The van der Waals surface area contributed by atoms with Crippen LogP contribution in [0.2, 0.25) is 0 Å². The molecule has 0 aliphatic heterocycles. The van der Waals surface area contributed by atoms with Crippen LogP contribution < -0.4 is 5.73 Å². The molecule has 1 rings (SSSR count). The number of hydrogen-bond donors (Lipinski definition) is 1. The molecule has 1 aromatic rings. The molecule has 0 fully saturated rings. The lowest BCUT2D eigenvalue weighted by Gasteiger charge is -2.02. The Morgan fingerprint density at radius 1 is 1.54 bits per heavy atom. The predicted molar refractivity (Wildman–Crippen MR) is 52.4 cm³/mol. The van der Waals surface area contributed by atoms with Gasteiger partial charge in [0.1, 0.15) is 5.76 Å². The largest absolute Gasteiger partial charge is 0.361 e. The van der Waals surface area contributed by atoms with Crippen LogP contribution in [-0.4, -0.2) is 11.7 Å². The number of aryl methyl sites for hydroxylation is 1. The van der Waals surface area contributed by atoms with Gasteiger partial charge in [0.15, 0.2) is 0 Å². The normalized spacial score (nSPS) is 11.1. The third-order valence-corrected chi connectivity index (χ3v) is 1.97. The molecule has 3 nitrogen and oxygen atoms in total. The van der Waals surface area contributed by atoms with E-state index in [1.807, 2.05) is 6.20 Å². The van der Waals surface area contributed by atoms with Gasteiger partial charge in [-0.2, -0.15) is 0 Å². The number of nitrogens with two attached hydrogens (primary N) is 1. The molecule has 0 unspecified atom stereocenters. The number of nitrogens with zero attached hydrogens (tertiary/aromatic N) is 1. The Kier molecular flexibility index (Phi) is 3.96. The summed E-state index contributed by atoms with van der Waals surface area (Å²) in [6.07, 6.45) is 4.76. The van der Waals surface area contributed by atoms with Crippen LogP contribution in [0, 0.1) is 5.92 Å². The summed E-state index contributed by atoms with van der Waals surface area (Å²) in [4.78, 5) is 0. The first-order valence-corrected chi connectivity index (χ1v) is 4.86. The minimum atomic E-state index is 0.649. The molecule has 0 aliphatic carbocycles. The lowest BCUT2D eigenvalue weighted by atomic mass is 10.0. The van der Waals surface area contributed by atoms with Gasteiger partial charge in [0.25, 0.3) is 0 Å². The Hall–Kier alpha value is -0.830. The van der Waals surface area contributed by atoms with Crippen LogP contribution in [-0.2, 0) is 12.8 Å². The van der Waals surface area contributed by atoms with Crippen LogP contribution in [0.5, 0.6) is 0 Å². The average molecular weight is 182 g/mol. The fraction of sp³-hybridized carbons (Fsp3) is 0.700. The van der Waals surface area contributed by atoms with Crippen molar-refractivity contribution >= 4 is 0 Å². The maximum atomic E-state index is 5.43. The van der Waals surface area contributed by atoms with Crippen molar-refractivity contribution in [1.29, 1.82) is 0 Å². The van der Waals surface area contributed by atoms with Crippen LogP contribution >= 0.6 is 0 Å². The first-order valence-electron chi connectivity index (χ1n) is 4.86. The van der Waals surface area contributed by atoms with E-state index in [0.717, 1.165) is 25.0 Å². The van der Waals surface area contributed by atoms with E-state index >= 15 is 0 Å². The van der Waals surface area contributed by atoms with Gasteiger partial charge in [-0.1, -0.05) is 19.0 Å². The van der Waals surface area contributed by atoms with Gasteiger partial charge >= 0.3 is 0 Å². The SMILES string of the molecule is CC(C)Cc1cnoc1CCCN. The number of hydrogen-bond acceptors (Lipinski definition) is 3. The average Bonchev–Trinajstić information content (AvgIpc) is 2.48. The highest BCUT2D eigenvalue weighted by atomic mass is 16.5. The van der Waals surface area contributed by atoms with E-state index in [0.29, 0.717) is 12.5 Å². The van der Waals surface area contributed by atoms with Gasteiger partial charge in [-0.15, -0.1) is 0 Å². The maximum Gasteiger partial charge on any atom is 0.139 e. The molecule has 74 valence electrons. The smallest absolute Gasteiger partial charge is 0.139 e. The molecule has 2 N–H and O–H groups in total. The molecule has 0 spiro atoms. The van der Waals surface area contributed by atoms with Crippen molar-refractivity contribution in [3.8, 4) is 0 Å². The highest BCUT2D eigenvalue weighted by molar-refractivity contribution is 5.14. The van der Waals surface area contributed by atoms with Crippen LogP contribution in [0.1, 0.15) is 31.6 Å². The second-order valence-corrected chi connectivity index (χ2v) is 3.76. The first kappa shape index (κ1) is 10.3. The van der Waals surface area contributed by atoms with Crippen molar-refractivity contribution < 1.29 is 4.52 Å². The topological polar surface area (TPSA) is 52.0 Å². The number of rotatable bonds is 5. The summed E-state index contributed by atoms with van der Waals surface area (Å²) >= 11 is 0. The second-order valence-electron chi connectivity index (χ2n) is 3.76. The number of aromatic nitrogens is 1. The molecule has 1 aromatic heterocycles. The van der Waals surface area contributed by atoms with E-state index in [1.54, 1.807) is 0 Å². The Morgan fingerprint density at radius 3 is 2.92 bits per heavy atom. The Labute approximate surface area is 79.3 Å². The van der Waals surface area contributed by atoms with Crippen molar-refractivity contribution in [1.82, 2.24) is 5.16 Å². The fourth-order valence-corrected chi connectivity index (χ4v) is 1.36. The van der Waals surface area contributed by atoms with Gasteiger partial charge in [0.05, 0.1) is 6.20 Å². The molecule has 0 aliphatic rings. The molecule has 0 bridgehead atoms. The van der Waals surface area contributed by atoms with E-state index in [-0.39, 0.29) is 0 Å². The zero-order chi connectivity index (χ0) is 9.68. The summed E-state index contributed by atoms with van der Waals surface area (Å²) in [5, 5.41) is 3.81. The summed E-state index contributed by atoms with van der Waals surface area (Å²) in [6.45, 7) is 5.10. The van der Waals surface area contributed by atoms with E-state index in [4.69, 9.17) is 10.3 Å². The summed E-state index contributed by atoms with van der Waals surface area (Å²) in [5.74, 6) is 1.66. The molecule has 0 atom stereocenters. The van der Waals surface area contributed by atoms with Crippen molar-refractivity contribution in [3.05, 3.63) is 17.5 Å². The first-order chi connectivity index (χ1) is 6.24. The van der Waals surface area contributed by atoms with Gasteiger partial charge in [-0.3, -0.25) is 0 Å². The third-order valence-electron chi connectivity index (χ3n) is 1.97. The van der Waals surface area contributed by atoms with Crippen LogP contribution in [0.15, 0.2) is 10.7 Å². The highest BCUT2D eigenvalue weighted by Gasteiger charge is 2.08. The van der Waals surface area contributed by atoms with E-state index in [2.05, 4.69) is 19.0 Å². The van der Waals surface area contributed by atoms with E-state index < -0.39 is 0 Å². The fourth-order valence-electron chi connectivity index (χ4n) is 1.36. The molecule has 0 amide bonds. The Bertz CT molecular complexity index is 243. The quantitative estimate of drug-likeness (QED) is 0.755. The zero-order valence-electron chi connectivity index (χ0n) is 8.42. The predicted octanol–water partition coefficient (Wildman–Crippen LogP) is 1.76. The van der Waals surface area contributed by atoms with Crippen LogP contribution in [0.3, 0.4) is 0 Å². The molecule has 0 saturated heterocycles. The highest BCUT2D eigenvalue weighted by Crippen LogP contribution is 2.14. The van der Waals surface area contributed by atoms with Crippen molar-refractivity contribution in [2.75, 3.05) is 6.54 Å². The monoisotopic (exact) mass is 182 g/mol. The van der Waals surface area contributed by atoms with Crippen molar-refractivity contribution in [2.24, 2.45) is 11.7 Å². The minimum absolute atomic E-state index is 0.649. The van der Waals surface area contributed by atoms with E-state index in [1.165, 1.54) is 5.56 Å². The standard InChI is InChI=1S/C10H18N2O/c1-8(2)6-9-7-12-13-10(9)4-3-5-11/h7-8H,3-6,11H2,1-2H3. The molecule has 13 heavy (non-hydrogen) atoms. The maximum absolute atomic E-state index is 5.43. The Morgan fingerprint density at radius 2 is 2.31 bits per heavy atom. The van der Waals surface area contributed by atoms with E-state index in [9.17, 15) is 0 Å². The van der Waals surface area contributed by atoms with Crippen LogP contribution in [0.25, 0.3) is 0 Å². The molecule has 0 saturated carbocycles. The summed E-state index contributed by atoms with van der Waals surface area (Å²) in [6, 6.07) is 0. The van der Waals surface area contributed by atoms with Gasteiger partial charge < -0.3 is 10.3 Å².